The van der Waals surface area contributed by atoms with Gasteiger partial charge in [-0.05, 0) is 37.8 Å². The van der Waals surface area contributed by atoms with E-state index in [-0.39, 0.29) is 18.2 Å². The topological polar surface area (TPSA) is 55.2 Å². The van der Waals surface area contributed by atoms with Gasteiger partial charge in [-0.3, -0.25) is 9.59 Å². The van der Waals surface area contributed by atoms with Crippen LogP contribution in [0.4, 0.5) is 0 Å². The molecule has 0 saturated carbocycles. The van der Waals surface area contributed by atoms with Gasteiger partial charge in [0.1, 0.15) is 0 Å². The molecule has 2 heterocycles. The Hall–Kier alpha value is -2.60. The Morgan fingerprint density at radius 1 is 1.07 bits per heavy atom. The number of benzene rings is 2. The maximum Gasteiger partial charge on any atom is 0.233 e. The van der Waals surface area contributed by atoms with E-state index < -0.39 is 0 Å². The lowest BCUT2D eigenvalue weighted by atomic mass is 10.0. The molecule has 3 aromatic rings. The molecule has 1 aromatic heterocycles. The van der Waals surface area contributed by atoms with Gasteiger partial charge in [-0.25, -0.2) is 4.98 Å². The first-order chi connectivity index (χ1) is 14.7. The molecule has 1 atom stereocenters. The highest BCUT2D eigenvalue weighted by Gasteiger charge is 2.26. The number of hydrogen-bond donors (Lipinski definition) is 0. The average molecular weight is 422 g/mol. The van der Waals surface area contributed by atoms with Crippen molar-refractivity contribution in [3.8, 4) is 0 Å². The highest BCUT2D eigenvalue weighted by Crippen LogP contribution is 2.26. The monoisotopic (exact) mass is 421 g/mol. The molecule has 2 aromatic carbocycles. The quantitative estimate of drug-likeness (QED) is 0.406. The molecule has 5 nitrogen and oxygen atoms in total. The number of carbonyl (C=O) groups excluding carboxylic acids is 2. The second kappa shape index (κ2) is 9.47. The Morgan fingerprint density at radius 2 is 1.83 bits per heavy atom. The van der Waals surface area contributed by atoms with E-state index in [1.165, 1.54) is 18.2 Å². The van der Waals surface area contributed by atoms with Crippen LogP contribution in [0.1, 0.15) is 43.0 Å². The predicted octanol–water partition coefficient (Wildman–Crippen LogP) is 4.80. The zero-order valence-electron chi connectivity index (χ0n) is 17.3. The molecule has 1 unspecified atom stereocenters. The molecule has 30 heavy (non-hydrogen) atoms. The number of amides is 1. The number of hydrogen-bond acceptors (Lipinski definition) is 4. The molecule has 1 aliphatic rings. The third-order valence-electron chi connectivity index (χ3n) is 5.76. The van der Waals surface area contributed by atoms with Gasteiger partial charge >= 0.3 is 0 Å². The Labute approximate surface area is 181 Å². The van der Waals surface area contributed by atoms with Crippen molar-refractivity contribution in [1.82, 2.24) is 14.5 Å². The van der Waals surface area contributed by atoms with Crippen LogP contribution in [-0.2, 0) is 11.3 Å². The van der Waals surface area contributed by atoms with Gasteiger partial charge in [0.25, 0.3) is 0 Å². The van der Waals surface area contributed by atoms with Crippen LogP contribution in [-0.4, -0.2) is 44.5 Å². The van der Waals surface area contributed by atoms with Crippen LogP contribution in [0.2, 0.25) is 0 Å². The van der Waals surface area contributed by atoms with Crippen LogP contribution < -0.4 is 0 Å². The molecule has 0 N–H and O–H groups in total. The molecular weight excluding hydrogens is 394 g/mol. The maximum atomic E-state index is 12.9. The molecule has 1 aliphatic heterocycles. The SMILES string of the molecule is CCC1CCCCN1C(=O)CSc1nc2ccccc2n1CC(=O)c1ccccc1. The van der Waals surface area contributed by atoms with Gasteiger partial charge in [0.2, 0.25) is 5.91 Å². The van der Waals surface area contributed by atoms with Crippen molar-refractivity contribution in [2.75, 3.05) is 12.3 Å². The highest BCUT2D eigenvalue weighted by atomic mass is 32.2. The molecule has 4 rings (SSSR count). The molecule has 1 fully saturated rings. The first-order valence-electron chi connectivity index (χ1n) is 10.6. The number of rotatable bonds is 7. The minimum absolute atomic E-state index is 0.0361. The summed E-state index contributed by atoms with van der Waals surface area (Å²) in [7, 11) is 0. The van der Waals surface area contributed by atoms with Gasteiger partial charge in [0, 0.05) is 18.2 Å². The standard InChI is InChI=1S/C24H27N3O2S/c1-2-19-12-8-9-15-26(19)23(29)17-30-24-25-20-13-6-7-14-21(20)27(24)16-22(28)18-10-4-3-5-11-18/h3-7,10-11,13-14,19H,2,8-9,12,15-17H2,1H3. The largest absolute Gasteiger partial charge is 0.339 e. The molecular formula is C24H27N3O2S. The van der Waals surface area contributed by atoms with E-state index in [1.807, 2.05) is 64.1 Å². The van der Waals surface area contributed by atoms with Crippen molar-refractivity contribution in [3.05, 3.63) is 60.2 Å². The fourth-order valence-electron chi connectivity index (χ4n) is 4.14. The zero-order chi connectivity index (χ0) is 20.9. The minimum atomic E-state index is 0.0361. The smallest absolute Gasteiger partial charge is 0.233 e. The van der Waals surface area contributed by atoms with E-state index >= 15 is 0 Å². The van der Waals surface area contributed by atoms with Crippen LogP contribution in [0.25, 0.3) is 11.0 Å². The maximum absolute atomic E-state index is 12.9. The third kappa shape index (κ3) is 4.43. The van der Waals surface area contributed by atoms with Crippen molar-refractivity contribution >= 4 is 34.5 Å². The number of piperidine rings is 1. The van der Waals surface area contributed by atoms with Gasteiger partial charge in [-0.1, -0.05) is 61.2 Å². The summed E-state index contributed by atoms with van der Waals surface area (Å²) >= 11 is 1.43. The van der Waals surface area contributed by atoms with Gasteiger partial charge in [-0.15, -0.1) is 0 Å². The number of likely N-dealkylation sites (tertiary alicyclic amines) is 1. The second-order valence-corrected chi connectivity index (χ2v) is 8.63. The second-order valence-electron chi connectivity index (χ2n) is 7.69. The number of ketones is 1. The van der Waals surface area contributed by atoms with Crippen molar-refractivity contribution in [2.24, 2.45) is 0 Å². The molecule has 1 amide bonds. The number of carbonyl (C=O) groups is 2. The summed E-state index contributed by atoms with van der Waals surface area (Å²) in [6.07, 6.45) is 4.38. The third-order valence-corrected chi connectivity index (χ3v) is 6.72. The lowest BCUT2D eigenvalue weighted by Crippen LogP contribution is -2.44. The molecule has 0 bridgehead atoms. The van der Waals surface area contributed by atoms with E-state index in [0.717, 1.165) is 42.0 Å². The molecule has 0 aliphatic carbocycles. The molecule has 6 heteroatoms. The summed E-state index contributed by atoms with van der Waals surface area (Å²) in [5.74, 6) is 0.549. The minimum Gasteiger partial charge on any atom is -0.339 e. The number of para-hydroxylation sites is 2. The van der Waals surface area contributed by atoms with Crippen LogP contribution in [0.15, 0.2) is 59.8 Å². The lowest BCUT2D eigenvalue weighted by molar-refractivity contribution is -0.132. The number of aromatic nitrogens is 2. The van der Waals surface area contributed by atoms with E-state index in [2.05, 4.69) is 6.92 Å². The Kier molecular flexibility index (Phi) is 6.53. The zero-order valence-corrected chi connectivity index (χ0v) is 18.1. The Morgan fingerprint density at radius 3 is 2.63 bits per heavy atom. The Balaban J connectivity index is 1.54. The van der Waals surface area contributed by atoms with Crippen molar-refractivity contribution in [1.29, 1.82) is 0 Å². The molecule has 0 radical (unpaired) electrons. The van der Waals surface area contributed by atoms with Gasteiger partial charge < -0.3 is 9.47 Å². The van der Waals surface area contributed by atoms with Gasteiger partial charge in [0.15, 0.2) is 10.9 Å². The Bertz CT molecular complexity index is 1030. The lowest BCUT2D eigenvalue weighted by Gasteiger charge is -2.35. The summed E-state index contributed by atoms with van der Waals surface area (Å²) in [5.41, 5.74) is 2.44. The van der Waals surface area contributed by atoms with Gasteiger partial charge in [0.05, 0.1) is 23.3 Å². The van der Waals surface area contributed by atoms with Crippen LogP contribution in [0, 0.1) is 0 Å². The number of Topliss-reactive ketones (excluding diaryl/α,β-unsaturated/α-hetero) is 1. The summed E-state index contributed by atoms with van der Waals surface area (Å²) in [5, 5.41) is 0.721. The van der Waals surface area contributed by atoms with E-state index in [1.54, 1.807) is 0 Å². The van der Waals surface area contributed by atoms with E-state index in [4.69, 9.17) is 4.98 Å². The van der Waals surface area contributed by atoms with Crippen LogP contribution >= 0.6 is 11.8 Å². The van der Waals surface area contributed by atoms with Crippen molar-refractivity contribution in [3.63, 3.8) is 0 Å². The average Bonchev–Trinajstić information content (AvgIpc) is 3.15. The summed E-state index contributed by atoms with van der Waals surface area (Å²) in [4.78, 5) is 32.5. The summed E-state index contributed by atoms with van der Waals surface area (Å²) < 4.78 is 1.94. The normalized spacial score (nSPS) is 16.7. The molecule has 156 valence electrons. The first-order valence-corrected chi connectivity index (χ1v) is 11.6. The fraction of sp³-hybridized carbons (Fsp3) is 0.375. The predicted molar refractivity (Wildman–Crippen MR) is 121 cm³/mol. The number of fused-ring (bicyclic) bond motifs is 1. The summed E-state index contributed by atoms with van der Waals surface area (Å²) in [6.45, 7) is 3.21. The van der Waals surface area contributed by atoms with Crippen LogP contribution in [0.3, 0.4) is 0 Å². The van der Waals surface area contributed by atoms with E-state index in [9.17, 15) is 9.59 Å². The molecule has 0 spiro atoms. The number of nitrogens with zero attached hydrogens (tertiary/aromatic N) is 3. The number of thioether (sulfide) groups is 1. The highest BCUT2D eigenvalue weighted by molar-refractivity contribution is 7.99. The van der Waals surface area contributed by atoms with Gasteiger partial charge in [-0.2, -0.15) is 0 Å². The first kappa shape index (κ1) is 20.7. The van der Waals surface area contributed by atoms with Crippen molar-refractivity contribution < 1.29 is 9.59 Å². The fourth-order valence-corrected chi connectivity index (χ4v) is 5.04. The van der Waals surface area contributed by atoms with Crippen molar-refractivity contribution in [2.45, 2.75) is 50.4 Å². The molecule has 1 saturated heterocycles. The summed E-state index contributed by atoms with van der Waals surface area (Å²) in [6, 6.07) is 17.5. The van der Waals surface area contributed by atoms with E-state index in [0.29, 0.717) is 17.4 Å². The number of imidazole rings is 1. The van der Waals surface area contributed by atoms with Crippen LogP contribution in [0.5, 0.6) is 0 Å².